The molecule has 1 N–H and O–H groups in total. The van der Waals surface area contributed by atoms with Crippen molar-refractivity contribution in [2.75, 3.05) is 20.3 Å². The number of hydrogen-bond donors (Lipinski definition) is 1. The van der Waals surface area contributed by atoms with Gasteiger partial charge in [-0.3, -0.25) is 9.78 Å². The van der Waals surface area contributed by atoms with Crippen LogP contribution >= 0.6 is 0 Å². The van der Waals surface area contributed by atoms with Gasteiger partial charge in [-0.2, -0.15) is 0 Å². The summed E-state index contributed by atoms with van der Waals surface area (Å²) in [5.41, 5.74) is 3.82. The summed E-state index contributed by atoms with van der Waals surface area (Å²) in [6, 6.07) is 14.7. The number of aliphatic carboxylic acids is 1. The highest BCUT2D eigenvalue weighted by Crippen LogP contribution is 2.44. The predicted molar refractivity (Wildman–Crippen MR) is 153 cm³/mol. The van der Waals surface area contributed by atoms with Crippen LogP contribution in [0.25, 0.3) is 11.3 Å². The zero-order valence-electron chi connectivity index (χ0n) is 23.9. The van der Waals surface area contributed by atoms with E-state index in [1.807, 2.05) is 24.3 Å². The summed E-state index contributed by atoms with van der Waals surface area (Å²) in [5.74, 6) is 0.540. The maximum absolute atomic E-state index is 15.0. The van der Waals surface area contributed by atoms with Gasteiger partial charge in [0.05, 0.1) is 24.9 Å². The van der Waals surface area contributed by atoms with E-state index in [1.54, 1.807) is 25.4 Å². The fraction of sp³-hybridized carbons (Fsp3) is 0.455. The van der Waals surface area contributed by atoms with Crippen molar-refractivity contribution in [3.05, 3.63) is 77.2 Å². The number of halogens is 1. The van der Waals surface area contributed by atoms with Crippen LogP contribution in [0, 0.1) is 17.2 Å². The molecule has 0 amide bonds. The van der Waals surface area contributed by atoms with Gasteiger partial charge >= 0.3 is 5.97 Å². The number of pyridine rings is 1. The average molecular weight is 550 g/mol. The molecule has 1 aliphatic carbocycles. The van der Waals surface area contributed by atoms with E-state index in [-0.39, 0.29) is 23.6 Å². The minimum Gasteiger partial charge on any atom is -0.493 e. The molecular weight excluding hydrogens is 509 g/mol. The van der Waals surface area contributed by atoms with Gasteiger partial charge in [-0.25, -0.2) is 4.39 Å². The molecule has 0 aliphatic heterocycles. The molecule has 1 heterocycles. The number of ether oxygens (including phenoxy) is 3. The molecule has 1 atom stereocenters. The first kappa shape index (κ1) is 29.5. The third-order valence-electron chi connectivity index (χ3n) is 6.99. The second-order valence-corrected chi connectivity index (χ2v) is 11.8. The van der Waals surface area contributed by atoms with Crippen molar-refractivity contribution in [1.29, 1.82) is 0 Å². The van der Waals surface area contributed by atoms with Gasteiger partial charge in [0.2, 0.25) is 0 Å². The SMILES string of the molecule is COCCCOc1ccc(F)c(-c2ncc(OCc3cccc(C(CC(=O)O)C4CC4)c3)cc2CC(C)(C)C)c1. The lowest BCUT2D eigenvalue weighted by molar-refractivity contribution is -0.137. The number of carboxylic acid groups (broad SMARTS) is 1. The number of carbonyl (C=O) groups is 1. The van der Waals surface area contributed by atoms with Crippen molar-refractivity contribution in [2.45, 2.75) is 65.4 Å². The number of aromatic nitrogens is 1. The van der Waals surface area contributed by atoms with E-state index < -0.39 is 5.97 Å². The summed E-state index contributed by atoms with van der Waals surface area (Å²) in [5, 5.41) is 9.38. The third-order valence-corrected chi connectivity index (χ3v) is 6.99. The van der Waals surface area contributed by atoms with Crippen LogP contribution in [-0.4, -0.2) is 36.4 Å². The van der Waals surface area contributed by atoms with Crippen LogP contribution in [0.15, 0.2) is 54.7 Å². The van der Waals surface area contributed by atoms with E-state index in [0.717, 1.165) is 36.0 Å². The molecule has 2 aromatic carbocycles. The van der Waals surface area contributed by atoms with Crippen molar-refractivity contribution < 1.29 is 28.5 Å². The molecule has 1 saturated carbocycles. The number of methoxy groups -OCH3 is 1. The predicted octanol–water partition coefficient (Wildman–Crippen LogP) is 7.44. The number of benzene rings is 2. The zero-order chi connectivity index (χ0) is 28.7. The normalized spacial score (nSPS) is 14.1. The van der Waals surface area contributed by atoms with Gasteiger partial charge in [0.15, 0.2) is 0 Å². The lowest BCUT2D eigenvalue weighted by atomic mass is 9.86. The van der Waals surface area contributed by atoms with Gasteiger partial charge < -0.3 is 19.3 Å². The number of rotatable bonds is 14. The van der Waals surface area contributed by atoms with Crippen LogP contribution in [-0.2, 0) is 22.6 Å². The van der Waals surface area contributed by atoms with E-state index in [4.69, 9.17) is 14.2 Å². The molecule has 4 rings (SSSR count). The van der Waals surface area contributed by atoms with E-state index in [9.17, 15) is 9.90 Å². The van der Waals surface area contributed by atoms with Crippen LogP contribution in [0.4, 0.5) is 4.39 Å². The fourth-order valence-corrected chi connectivity index (χ4v) is 5.01. The summed E-state index contributed by atoms with van der Waals surface area (Å²) in [4.78, 5) is 16.1. The zero-order valence-corrected chi connectivity index (χ0v) is 23.9. The highest BCUT2D eigenvalue weighted by atomic mass is 19.1. The molecule has 1 fully saturated rings. The summed E-state index contributed by atoms with van der Waals surface area (Å²) < 4.78 is 32.1. The summed E-state index contributed by atoms with van der Waals surface area (Å²) in [7, 11) is 1.65. The van der Waals surface area contributed by atoms with E-state index in [0.29, 0.717) is 54.9 Å². The summed E-state index contributed by atoms with van der Waals surface area (Å²) in [6.45, 7) is 7.81. The van der Waals surface area contributed by atoms with Gasteiger partial charge in [0, 0.05) is 25.7 Å². The van der Waals surface area contributed by atoms with Crippen molar-refractivity contribution >= 4 is 5.97 Å². The van der Waals surface area contributed by atoms with Gasteiger partial charge in [0.25, 0.3) is 0 Å². The third kappa shape index (κ3) is 8.52. The Hall–Kier alpha value is -3.45. The molecule has 0 saturated heterocycles. The molecule has 0 spiro atoms. The molecular formula is C33H40FNO5. The van der Waals surface area contributed by atoms with Crippen molar-refractivity contribution in [3.63, 3.8) is 0 Å². The first-order valence-electron chi connectivity index (χ1n) is 14.0. The monoisotopic (exact) mass is 549 g/mol. The van der Waals surface area contributed by atoms with E-state index in [1.165, 1.54) is 6.07 Å². The Morgan fingerprint density at radius 2 is 1.88 bits per heavy atom. The molecule has 1 aliphatic rings. The van der Waals surface area contributed by atoms with Crippen molar-refractivity contribution in [2.24, 2.45) is 11.3 Å². The Labute approximate surface area is 236 Å². The molecule has 40 heavy (non-hydrogen) atoms. The van der Waals surface area contributed by atoms with Crippen LogP contribution < -0.4 is 9.47 Å². The molecule has 0 radical (unpaired) electrons. The Kier molecular flexibility index (Phi) is 9.80. The average Bonchev–Trinajstić information content (AvgIpc) is 3.74. The first-order valence-corrected chi connectivity index (χ1v) is 14.0. The summed E-state index contributed by atoms with van der Waals surface area (Å²) >= 11 is 0. The van der Waals surface area contributed by atoms with Gasteiger partial charge in [-0.1, -0.05) is 45.0 Å². The largest absolute Gasteiger partial charge is 0.493 e. The molecule has 7 heteroatoms. The van der Waals surface area contributed by atoms with E-state index in [2.05, 4.69) is 31.8 Å². The smallest absolute Gasteiger partial charge is 0.303 e. The second kappa shape index (κ2) is 13.3. The quantitative estimate of drug-likeness (QED) is 0.211. The molecule has 1 unspecified atom stereocenters. The summed E-state index contributed by atoms with van der Waals surface area (Å²) in [6.07, 6.45) is 5.36. The maximum Gasteiger partial charge on any atom is 0.303 e. The lowest BCUT2D eigenvalue weighted by Gasteiger charge is -2.21. The van der Waals surface area contributed by atoms with Gasteiger partial charge in [0.1, 0.15) is 23.9 Å². The first-order chi connectivity index (χ1) is 19.1. The maximum atomic E-state index is 15.0. The van der Waals surface area contributed by atoms with E-state index >= 15 is 4.39 Å². The standard InChI is InChI=1S/C33H40FNO5/c1-33(2,3)19-25-16-27(20-35-32(25)29-17-26(11-12-30(29)34)39-14-6-13-38-4)40-21-22-7-5-8-24(15-22)28(18-31(36)37)23-9-10-23/h5,7-8,11-12,15-17,20,23,28H,6,9-10,13-14,18-19,21H2,1-4H3,(H,36,37). The number of nitrogens with zero attached hydrogens (tertiary/aromatic N) is 1. The Balaban J connectivity index is 1.54. The molecule has 1 aromatic heterocycles. The van der Waals surface area contributed by atoms with Crippen LogP contribution in [0.2, 0.25) is 0 Å². The molecule has 214 valence electrons. The lowest BCUT2D eigenvalue weighted by Crippen LogP contribution is -2.11. The second-order valence-electron chi connectivity index (χ2n) is 11.8. The van der Waals surface area contributed by atoms with Gasteiger partial charge in [-0.15, -0.1) is 0 Å². The number of hydrogen-bond acceptors (Lipinski definition) is 5. The topological polar surface area (TPSA) is 77.9 Å². The number of carboxylic acids is 1. The Bertz CT molecular complexity index is 1300. The highest BCUT2D eigenvalue weighted by Gasteiger charge is 2.33. The van der Waals surface area contributed by atoms with Crippen LogP contribution in [0.1, 0.15) is 69.1 Å². The fourth-order valence-electron chi connectivity index (χ4n) is 5.01. The Morgan fingerprint density at radius 3 is 2.58 bits per heavy atom. The Morgan fingerprint density at radius 1 is 1.07 bits per heavy atom. The van der Waals surface area contributed by atoms with Crippen molar-refractivity contribution in [1.82, 2.24) is 4.98 Å². The van der Waals surface area contributed by atoms with Gasteiger partial charge in [-0.05, 0) is 77.5 Å². The molecule has 6 nitrogen and oxygen atoms in total. The minimum atomic E-state index is -0.768. The van der Waals surface area contributed by atoms with Crippen molar-refractivity contribution in [3.8, 4) is 22.8 Å². The van der Waals surface area contributed by atoms with Crippen LogP contribution in [0.5, 0.6) is 11.5 Å². The highest BCUT2D eigenvalue weighted by molar-refractivity contribution is 5.68. The molecule has 0 bridgehead atoms. The minimum absolute atomic E-state index is 0.0337. The molecule has 3 aromatic rings. The van der Waals surface area contributed by atoms with Crippen LogP contribution in [0.3, 0.4) is 0 Å².